The van der Waals surface area contributed by atoms with E-state index in [1.54, 1.807) is 49.4 Å². The smallest absolute Gasteiger partial charge is 0.200 e. The van der Waals surface area contributed by atoms with Gasteiger partial charge in [-0.25, -0.2) is 4.98 Å². The summed E-state index contributed by atoms with van der Waals surface area (Å²) in [6.07, 6.45) is 3.08. The minimum absolute atomic E-state index is 0.0923. The van der Waals surface area contributed by atoms with Gasteiger partial charge in [-0.2, -0.15) is 0 Å². The van der Waals surface area contributed by atoms with Gasteiger partial charge in [0, 0.05) is 5.56 Å². The lowest BCUT2D eigenvalue weighted by atomic mass is 10.1. The standard InChI is InChI=1S/C21H19NO5S/c1-12-20(28-21(22-12)14-5-7-15(23)8-6-14)16(24)9-4-13-10-17(26-2)19(25)18(11-13)27-3/h4-11,23,25H,1-3H3/b9-4+. The molecule has 0 saturated carbocycles. The monoisotopic (exact) mass is 397 g/mol. The van der Waals surface area contributed by atoms with Gasteiger partial charge in [0.25, 0.3) is 0 Å². The third-order valence-corrected chi connectivity index (χ3v) is 5.28. The Balaban J connectivity index is 1.86. The number of hydrogen-bond donors (Lipinski definition) is 2. The van der Waals surface area contributed by atoms with E-state index in [1.165, 1.54) is 31.6 Å². The van der Waals surface area contributed by atoms with Crippen LogP contribution in [0.1, 0.15) is 20.9 Å². The molecule has 7 heteroatoms. The van der Waals surface area contributed by atoms with Crippen molar-refractivity contribution in [2.24, 2.45) is 0 Å². The summed E-state index contributed by atoms with van der Waals surface area (Å²) in [6.45, 7) is 1.79. The van der Waals surface area contributed by atoms with E-state index in [0.29, 0.717) is 21.1 Å². The van der Waals surface area contributed by atoms with Crippen molar-refractivity contribution < 1.29 is 24.5 Å². The first-order chi connectivity index (χ1) is 13.4. The lowest BCUT2D eigenvalue weighted by Gasteiger charge is -2.09. The van der Waals surface area contributed by atoms with Gasteiger partial charge in [0.2, 0.25) is 5.75 Å². The fourth-order valence-corrected chi connectivity index (χ4v) is 3.60. The van der Waals surface area contributed by atoms with Gasteiger partial charge in [0.05, 0.1) is 24.8 Å². The molecule has 1 aromatic heterocycles. The number of aromatic nitrogens is 1. The Morgan fingerprint density at radius 1 is 1.07 bits per heavy atom. The van der Waals surface area contributed by atoms with Crippen molar-refractivity contribution in [1.29, 1.82) is 0 Å². The van der Waals surface area contributed by atoms with Crippen molar-refractivity contribution >= 4 is 23.2 Å². The first kappa shape index (κ1) is 19.4. The summed E-state index contributed by atoms with van der Waals surface area (Å²) in [5.41, 5.74) is 2.13. The first-order valence-corrected chi connectivity index (χ1v) is 9.18. The molecule has 0 atom stereocenters. The molecule has 0 aliphatic heterocycles. The second-order valence-corrected chi connectivity index (χ2v) is 6.95. The predicted octanol–water partition coefficient (Wildman–Crippen LogP) is 4.44. The Kier molecular flexibility index (Phi) is 5.65. The molecule has 144 valence electrons. The molecule has 3 aromatic rings. The molecule has 2 N–H and O–H groups in total. The molecule has 2 aromatic carbocycles. The maximum absolute atomic E-state index is 12.6. The molecule has 0 radical (unpaired) electrons. The number of carbonyl (C=O) groups is 1. The molecule has 28 heavy (non-hydrogen) atoms. The van der Waals surface area contributed by atoms with Gasteiger partial charge in [-0.1, -0.05) is 6.08 Å². The summed E-state index contributed by atoms with van der Waals surface area (Å²) in [6, 6.07) is 9.91. The number of phenolic OH excluding ortho intramolecular Hbond substituents is 2. The summed E-state index contributed by atoms with van der Waals surface area (Å²) in [7, 11) is 2.89. The Morgan fingerprint density at radius 3 is 2.25 bits per heavy atom. The number of aryl methyl sites for hydroxylation is 1. The highest BCUT2D eigenvalue weighted by Gasteiger charge is 2.15. The van der Waals surface area contributed by atoms with Gasteiger partial charge in [-0.05, 0) is 55.0 Å². The van der Waals surface area contributed by atoms with Crippen molar-refractivity contribution in [3.05, 3.63) is 58.6 Å². The van der Waals surface area contributed by atoms with Crippen molar-refractivity contribution in [3.63, 3.8) is 0 Å². The Morgan fingerprint density at radius 2 is 1.68 bits per heavy atom. The molecule has 0 amide bonds. The Bertz CT molecular complexity index is 1010. The van der Waals surface area contributed by atoms with Gasteiger partial charge in [0.15, 0.2) is 17.3 Å². The number of carbonyl (C=O) groups excluding carboxylic acids is 1. The quantitative estimate of drug-likeness (QED) is 0.472. The zero-order valence-electron chi connectivity index (χ0n) is 15.6. The van der Waals surface area contributed by atoms with Crippen LogP contribution in [0, 0.1) is 6.92 Å². The van der Waals surface area contributed by atoms with Gasteiger partial charge in [0.1, 0.15) is 10.8 Å². The normalized spacial score (nSPS) is 11.0. The lowest BCUT2D eigenvalue weighted by molar-refractivity contribution is 0.105. The second-order valence-electron chi connectivity index (χ2n) is 5.95. The number of methoxy groups -OCH3 is 2. The predicted molar refractivity (Wildman–Crippen MR) is 109 cm³/mol. The number of nitrogens with zero attached hydrogens (tertiary/aromatic N) is 1. The van der Waals surface area contributed by atoms with Crippen LogP contribution in [-0.2, 0) is 0 Å². The highest BCUT2D eigenvalue weighted by atomic mass is 32.1. The third-order valence-electron chi connectivity index (χ3n) is 4.06. The van der Waals surface area contributed by atoms with Crippen molar-refractivity contribution in [2.75, 3.05) is 14.2 Å². The number of benzene rings is 2. The molecule has 0 spiro atoms. The van der Waals surface area contributed by atoms with E-state index < -0.39 is 0 Å². The Hall–Kier alpha value is -3.32. The fourth-order valence-electron chi connectivity index (χ4n) is 2.61. The summed E-state index contributed by atoms with van der Waals surface area (Å²) in [4.78, 5) is 17.6. The van der Waals surface area contributed by atoms with E-state index in [-0.39, 0.29) is 28.8 Å². The van der Waals surface area contributed by atoms with Crippen LogP contribution in [-0.4, -0.2) is 35.2 Å². The highest BCUT2D eigenvalue weighted by molar-refractivity contribution is 7.17. The number of allylic oxidation sites excluding steroid dienone is 1. The fraction of sp³-hybridized carbons (Fsp3) is 0.143. The number of thiazole rings is 1. The van der Waals surface area contributed by atoms with Crippen LogP contribution in [0.15, 0.2) is 42.5 Å². The van der Waals surface area contributed by atoms with E-state index in [4.69, 9.17) is 9.47 Å². The van der Waals surface area contributed by atoms with E-state index in [1.807, 2.05) is 0 Å². The zero-order chi connectivity index (χ0) is 20.3. The SMILES string of the molecule is COc1cc(/C=C/C(=O)c2sc(-c3ccc(O)cc3)nc2C)cc(OC)c1O. The molecule has 0 fully saturated rings. The van der Waals surface area contributed by atoms with E-state index in [0.717, 1.165) is 5.56 Å². The molecular weight excluding hydrogens is 378 g/mol. The van der Waals surface area contributed by atoms with Crippen LogP contribution in [0.25, 0.3) is 16.6 Å². The summed E-state index contributed by atoms with van der Waals surface area (Å²) < 4.78 is 10.2. The summed E-state index contributed by atoms with van der Waals surface area (Å²) in [5.74, 6) is 0.428. The van der Waals surface area contributed by atoms with Gasteiger partial charge in [-0.3, -0.25) is 4.79 Å². The molecule has 0 aliphatic carbocycles. The molecule has 6 nitrogen and oxygen atoms in total. The number of aromatic hydroxyl groups is 2. The third kappa shape index (κ3) is 3.99. The summed E-state index contributed by atoms with van der Waals surface area (Å²) in [5, 5.41) is 20.1. The maximum Gasteiger partial charge on any atom is 0.200 e. The molecular formula is C21H19NO5S. The van der Waals surface area contributed by atoms with Crippen molar-refractivity contribution in [2.45, 2.75) is 6.92 Å². The van der Waals surface area contributed by atoms with Crippen LogP contribution in [0.5, 0.6) is 23.0 Å². The van der Waals surface area contributed by atoms with E-state index in [9.17, 15) is 15.0 Å². The molecule has 0 bridgehead atoms. The number of ether oxygens (including phenoxy) is 2. The van der Waals surface area contributed by atoms with Crippen LogP contribution >= 0.6 is 11.3 Å². The molecule has 3 rings (SSSR count). The molecule has 0 unspecified atom stereocenters. The van der Waals surface area contributed by atoms with Gasteiger partial charge < -0.3 is 19.7 Å². The van der Waals surface area contributed by atoms with Crippen molar-refractivity contribution in [3.8, 4) is 33.6 Å². The van der Waals surface area contributed by atoms with E-state index in [2.05, 4.69) is 4.98 Å². The summed E-state index contributed by atoms with van der Waals surface area (Å²) >= 11 is 1.30. The number of phenols is 2. The zero-order valence-corrected chi connectivity index (χ0v) is 16.4. The average Bonchev–Trinajstić information content (AvgIpc) is 3.09. The van der Waals surface area contributed by atoms with Gasteiger partial charge >= 0.3 is 0 Å². The van der Waals surface area contributed by atoms with Crippen LogP contribution in [0.4, 0.5) is 0 Å². The van der Waals surface area contributed by atoms with Crippen molar-refractivity contribution in [1.82, 2.24) is 4.98 Å². The molecule has 0 aliphatic rings. The van der Waals surface area contributed by atoms with Crippen LogP contribution in [0.3, 0.4) is 0 Å². The number of rotatable bonds is 6. The molecule has 1 heterocycles. The minimum atomic E-state index is -0.175. The minimum Gasteiger partial charge on any atom is -0.508 e. The lowest BCUT2D eigenvalue weighted by Crippen LogP contribution is -1.94. The number of ketones is 1. The average molecular weight is 397 g/mol. The van der Waals surface area contributed by atoms with Crippen LogP contribution < -0.4 is 9.47 Å². The van der Waals surface area contributed by atoms with Crippen LogP contribution in [0.2, 0.25) is 0 Å². The van der Waals surface area contributed by atoms with E-state index >= 15 is 0 Å². The van der Waals surface area contributed by atoms with Gasteiger partial charge in [-0.15, -0.1) is 11.3 Å². The second kappa shape index (κ2) is 8.14. The first-order valence-electron chi connectivity index (χ1n) is 8.37. The number of hydrogen-bond acceptors (Lipinski definition) is 7. The maximum atomic E-state index is 12.6. The Labute approximate surface area is 166 Å². The topological polar surface area (TPSA) is 88.9 Å². The molecule has 0 saturated heterocycles. The highest BCUT2D eigenvalue weighted by Crippen LogP contribution is 2.37. The largest absolute Gasteiger partial charge is 0.508 e.